The molecule has 4 nitrogen and oxygen atoms in total. The third kappa shape index (κ3) is 7.74. The third-order valence-corrected chi connectivity index (χ3v) is 2.90. The van der Waals surface area contributed by atoms with E-state index >= 15 is 0 Å². The van der Waals surface area contributed by atoms with Crippen molar-refractivity contribution in [3.63, 3.8) is 0 Å². The van der Waals surface area contributed by atoms with Gasteiger partial charge >= 0.3 is 6.09 Å². The Morgan fingerprint density at radius 1 is 1.26 bits per heavy atom. The van der Waals surface area contributed by atoms with Gasteiger partial charge in [-0.2, -0.15) is 0 Å². The fourth-order valence-electron chi connectivity index (χ4n) is 1.83. The molecule has 0 fully saturated rings. The van der Waals surface area contributed by atoms with Crippen LogP contribution in [0.4, 0.5) is 13.6 Å². The van der Waals surface area contributed by atoms with E-state index in [0.29, 0.717) is 18.7 Å². The van der Waals surface area contributed by atoms with Gasteiger partial charge < -0.3 is 15.4 Å². The normalized spacial score (nSPS) is 13.1. The zero-order chi connectivity index (χ0) is 17.5. The van der Waals surface area contributed by atoms with E-state index in [4.69, 9.17) is 4.74 Å². The lowest BCUT2D eigenvalue weighted by molar-refractivity contribution is 0.0534. The quantitative estimate of drug-likeness (QED) is 0.784. The van der Waals surface area contributed by atoms with Crippen LogP contribution in [-0.2, 0) is 4.74 Å². The number of nitrogens with one attached hydrogen (secondary N) is 2. The molecule has 6 heteroatoms. The van der Waals surface area contributed by atoms with E-state index < -0.39 is 23.3 Å². The Morgan fingerprint density at radius 2 is 1.91 bits per heavy atom. The summed E-state index contributed by atoms with van der Waals surface area (Å²) in [6.07, 6.45) is 3.11. The molecule has 128 valence electrons. The van der Waals surface area contributed by atoms with Crippen LogP contribution in [0, 0.1) is 11.6 Å². The molecular weight excluding hydrogens is 302 g/mol. The number of amides is 1. The predicted octanol–water partition coefficient (Wildman–Crippen LogP) is 3.70. The van der Waals surface area contributed by atoms with Gasteiger partial charge in [-0.25, -0.2) is 13.6 Å². The summed E-state index contributed by atoms with van der Waals surface area (Å²) in [5.74, 6) is -1.16. The number of carbonyl (C=O) groups excluding carboxylic acids is 1. The minimum absolute atomic E-state index is 0.251. The lowest BCUT2D eigenvalue weighted by Gasteiger charge is -2.19. The highest BCUT2D eigenvalue weighted by Crippen LogP contribution is 2.17. The summed E-state index contributed by atoms with van der Waals surface area (Å²) < 4.78 is 31.5. The van der Waals surface area contributed by atoms with Crippen molar-refractivity contribution in [3.05, 3.63) is 47.5 Å². The van der Waals surface area contributed by atoms with Gasteiger partial charge in [0.2, 0.25) is 0 Å². The first-order valence-corrected chi connectivity index (χ1v) is 7.49. The monoisotopic (exact) mass is 326 g/mol. The zero-order valence-electron chi connectivity index (χ0n) is 14.0. The lowest BCUT2D eigenvalue weighted by Crippen LogP contribution is -2.32. The Kier molecular flexibility index (Phi) is 7.16. The van der Waals surface area contributed by atoms with Crippen LogP contribution in [0.15, 0.2) is 30.4 Å². The summed E-state index contributed by atoms with van der Waals surface area (Å²) in [7, 11) is 0. The maximum absolute atomic E-state index is 13.6. The maximum atomic E-state index is 13.6. The second kappa shape index (κ2) is 8.62. The SMILES string of the molecule is CC(NC/C=C/CNC(=O)OC(C)(C)C)c1ccc(F)cc1F. The minimum atomic E-state index is -0.591. The van der Waals surface area contributed by atoms with Crippen LogP contribution < -0.4 is 10.6 Å². The van der Waals surface area contributed by atoms with E-state index in [0.717, 1.165) is 6.07 Å². The van der Waals surface area contributed by atoms with Crippen molar-refractivity contribution >= 4 is 6.09 Å². The molecule has 1 aromatic rings. The first-order valence-electron chi connectivity index (χ1n) is 7.49. The topological polar surface area (TPSA) is 50.4 Å². The molecule has 0 aliphatic heterocycles. The van der Waals surface area contributed by atoms with Crippen molar-refractivity contribution in [1.82, 2.24) is 10.6 Å². The molecule has 0 bridgehead atoms. The van der Waals surface area contributed by atoms with Crippen LogP contribution in [0.1, 0.15) is 39.3 Å². The van der Waals surface area contributed by atoms with Crippen molar-refractivity contribution in [3.8, 4) is 0 Å². The predicted molar refractivity (Wildman–Crippen MR) is 86.2 cm³/mol. The van der Waals surface area contributed by atoms with Gasteiger partial charge in [0.1, 0.15) is 17.2 Å². The Hall–Kier alpha value is -1.95. The molecule has 0 heterocycles. The summed E-state index contributed by atoms with van der Waals surface area (Å²) >= 11 is 0. The minimum Gasteiger partial charge on any atom is -0.444 e. The van der Waals surface area contributed by atoms with E-state index in [1.807, 2.05) is 6.08 Å². The van der Waals surface area contributed by atoms with E-state index in [-0.39, 0.29) is 6.04 Å². The van der Waals surface area contributed by atoms with E-state index in [2.05, 4.69) is 10.6 Å². The standard InChI is InChI=1S/C17H24F2N2O2/c1-12(14-8-7-13(18)11-15(14)19)20-9-5-6-10-21-16(22)23-17(2,3)4/h5-8,11-12,20H,9-10H2,1-4H3,(H,21,22)/b6-5+. The van der Waals surface area contributed by atoms with Crippen LogP contribution in [0.25, 0.3) is 0 Å². The fraction of sp³-hybridized carbons (Fsp3) is 0.471. The molecule has 0 aromatic heterocycles. The molecular formula is C17H24F2N2O2. The third-order valence-electron chi connectivity index (χ3n) is 2.90. The number of halogens is 2. The van der Waals surface area contributed by atoms with Crippen molar-refractivity contribution in [2.75, 3.05) is 13.1 Å². The van der Waals surface area contributed by atoms with Gasteiger partial charge in [-0.15, -0.1) is 0 Å². The second-order valence-electron chi connectivity index (χ2n) is 6.15. The molecule has 0 saturated heterocycles. The molecule has 1 unspecified atom stereocenters. The molecule has 0 aliphatic carbocycles. The number of ether oxygens (including phenoxy) is 1. The van der Waals surface area contributed by atoms with Gasteiger partial charge in [0.15, 0.2) is 0 Å². The largest absolute Gasteiger partial charge is 0.444 e. The average molecular weight is 326 g/mol. The molecule has 1 aromatic carbocycles. The highest BCUT2D eigenvalue weighted by atomic mass is 19.1. The Morgan fingerprint density at radius 3 is 2.52 bits per heavy atom. The highest BCUT2D eigenvalue weighted by Gasteiger charge is 2.15. The van der Waals surface area contributed by atoms with Crippen molar-refractivity contribution < 1.29 is 18.3 Å². The zero-order valence-corrected chi connectivity index (χ0v) is 14.0. The summed E-state index contributed by atoms with van der Waals surface area (Å²) in [5, 5.41) is 5.69. The van der Waals surface area contributed by atoms with E-state index in [9.17, 15) is 13.6 Å². The number of hydrogen-bond donors (Lipinski definition) is 2. The van der Waals surface area contributed by atoms with Crippen LogP contribution in [0.5, 0.6) is 0 Å². The van der Waals surface area contributed by atoms with Crippen molar-refractivity contribution in [2.45, 2.75) is 39.3 Å². The number of alkyl carbamates (subject to hydrolysis) is 1. The number of rotatable bonds is 6. The first kappa shape index (κ1) is 19.1. The molecule has 2 N–H and O–H groups in total. The Labute approximate surface area is 135 Å². The molecule has 1 amide bonds. The van der Waals surface area contributed by atoms with Gasteiger partial charge in [-0.3, -0.25) is 0 Å². The lowest BCUT2D eigenvalue weighted by atomic mass is 10.1. The van der Waals surface area contributed by atoms with Crippen LogP contribution >= 0.6 is 0 Å². The van der Waals surface area contributed by atoms with Gasteiger partial charge in [0, 0.05) is 30.8 Å². The molecule has 0 radical (unpaired) electrons. The molecule has 0 spiro atoms. The first-order chi connectivity index (χ1) is 10.7. The molecule has 1 rings (SSSR count). The molecule has 0 saturated carbocycles. The number of carbonyl (C=O) groups is 1. The van der Waals surface area contributed by atoms with E-state index in [1.54, 1.807) is 33.8 Å². The molecule has 23 heavy (non-hydrogen) atoms. The Balaban J connectivity index is 2.29. The number of hydrogen-bond acceptors (Lipinski definition) is 3. The Bertz CT molecular complexity index is 554. The van der Waals surface area contributed by atoms with Crippen LogP contribution in [0.2, 0.25) is 0 Å². The fourth-order valence-corrected chi connectivity index (χ4v) is 1.83. The summed E-state index contributed by atoms with van der Waals surface area (Å²) in [6, 6.07) is 3.28. The van der Waals surface area contributed by atoms with E-state index in [1.165, 1.54) is 12.1 Å². The van der Waals surface area contributed by atoms with Crippen LogP contribution in [-0.4, -0.2) is 24.8 Å². The summed E-state index contributed by atoms with van der Waals surface area (Å²) in [4.78, 5) is 11.4. The van der Waals surface area contributed by atoms with Crippen molar-refractivity contribution in [1.29, 1.82) is 0 Å². The van der Waals surface area contributed by atoms with Gasteiger partial charge in [-0.1, -0.05) is 18.2 Å². The molecule has 0 aliphatic rings. The van der Waals surface area contributed by atoms with Gasteiger partial charge in [-0.05, 0) is 33.8 Å². The maximum Gasteiger partial charge on any atom is 0.407 e. The average Bonchev–Trinajstić information content (AvgIpc) is 2.40. The summed E-state index contributed by atoms with van der Waals surface area (Å²) in [5.41, 5.74) is -0.115. The summed E-state index contributed by atoms with van der Waals surface area (Å²) in [6.45, 7) is 8.01. The smallest absolute Gasteiger partial charge is 0.407 e. The van der Waals surface area contributed by atoms with Crippen LogP contribution in [0.3, 0.4) is 0 Å². The molecule has 1 atom stereocenters. The number of benzene rings is 1. The van der Waals surface area contributed by atoms with Gasteiger partial charge in [0.05, 0.1) is 0 Å². The van der Waals surface area contributed by atoms with Crippen molar-refractivity contribution in [2.24, 2.45) is 0 Å². The van der Waals surface area contributed by atoms with Gasteiger partial charge in [0.25, 0.3) is 0 Å². The highest BCUT2D eigenvalue weighted by molar-refractivity contribution is 5.67. The second-order valence-corrected chi connectivity index (χ2v) is 6.15.